The number of esters is 1. The Bertz CT molecular complexity index is 628. The Labute approximate surface area is 154 Å². The molecule has 1 aromatic carbocycles. The van der Waals surface area contributed by atoms with Gasteiger partial charge >= 0.3 is 5.97 Å². The molecule has 1 aliphatic carbocycles. The van der Waals surface area contributed by atoms with Gasteiger partial charge in [0.05, 0.1) is 5.92 Å². The van der Waals surface area contributed by atoms with Crippen LogP contribution >= 0.6 is 0 Å². The maximum Gasteiger partial charge on any atom is 0.314 e. The minimum absolute atomic E-state index is 0.0435. The van der Waals surface area contributed by atoms with Crippen LogP contribution in [0.4, 0.5) is 0 Å². The van der Waals surface area contributed by atoms with Crippen LogP contribution in [0.1, 0.15) is 85.4 Å². The van der Waals surface area contributed by atoms with Crippen LogP contribution in [0.15, 0.2) is 12.1 Å². The SMILES string of the molecule is Cc1cc(C(C)(C)C)c(OC(=O)C2CC2C(C)(C)C)c(C(C)(C)C)c1. The lowest BCUT2D eigenvalue weighted by atomic mass is 9.78. The Hall–Kier alpha value is -1.31. The van der Waals surface area contributed by atoms with E-state index in [1.807, 2.05) is 0 Å². The van der Waals surface area contributed by atoms with Crippen LogP contribution in [0.2, 0.25) is 0 Å². The highest BCUT2D eigenvalue weighted by Crippen LogP contribution is 2.52. The van der Waals surface area contributed by atoms with Crippen molar-refractivity contribution >= 4 is 5.97 Å². The van der Waals surface area contributed by atoms with Crippen molar-refractivity contribution in [2.24, 2.45) is 17.3 Å². The highest BCUT2D eigenvalue weighted by Gasteiger charge is 2.51. The fourth-order valence-electron chi connectivity index (χ4n) is 3.59. The number of hydrogen-bond acceptors (Lipinski definition) is 2. The lowest BCUT2D eigenvalue weighted by molar-refractivity contribution is -0.136. The van der Waals surface area contributed by atoms with Crippen molar-refractivity contribution in [2.75, 3.05) is 0 Å². The summed E-state index contributed by atoms with van der Waals surface area (Å²) in [6.45, 7) is 21.8. The zero-order valence-corrected chi connectivity index (χ0v) is 17.8. The molecule has 1 aliphatic rings. The topological polar surface area (TPSA) is 26.3 Å². The summed E-state index contributed by atoms with van der Waals surface area (Å²) < 4.78 is 6.10. The average molecular weight is 345 g/mol. The van der Waals surface area contributed by atoms with E-state index in [4.69, 9.17) is 4.74 Å². The van der Waals surface area contributed by atoms with Gasteiger partial charge in [-0.2, -0.15) is 0 Å². The third-order valence-corrected chi connectivity index (χ3v) is 5.26. The first kappa shape index (κ1) is 20.0. The van der Waals surface area contributed by atoms with Gasteiger partial charge in [0, 0.05) is 11.1 Å². The van der Waals surface area contributed by atoms with Gasteiger partial charge in [-0.1, -0.05) is 80.0 Å². The van der Waals surface area contributed by atoms with Gasteiger partial charge < -0.3 is 4.74 Å². The molecule has 0 amide bonds. The Kier molecular flexibility index (Phi) is 4.92. The van der Waals surface area contributed by atoms with E-state index in [9.17, 15) is 4.79 Å². The van der Waals surface area contributed by atoms with Gasteiger partial charge in [-0.15, -0.1) is 0 Å². The minimum atomic E-state index is -0.0748. The van der Waals surface area contributed by atoms with Gasteiger partial charge in [0.1, 0.15) is 5.75 Å². The first-order valence-corrected chi connectivity index (χ1v) is 9.49. The fraction of sp³-hybridized carbons (Fsp3) is 0.696. The molecule has 0 bridgehead atoms. The maximum absolute atomic E-state index is 12.9. The summed E-state index contributed by atoms with van der Waals surface area (Å²) in [7, 11) is 0. The number of ether oxygens (including phenoxy) is 1. The molecule has 0 radical (unpaired) electrons. The molecule has 1 fully saturated rings. The van der Waals surface area contributed by atoms with Gasteiger partial charge in [-0.05, 0) is 35.5 Å². The van der Waals surface area contributed by atoms with Gasteiger partial charge in [0.15, 0.2) is 0 Å². The van der Waals surface area contributed by atoms with Crippen LogP contribution in [0, 0.1) is 24.2 Å². The Balaban J connectivity index is 2.44. The molecule has 2 atom stereocenters. The van der Waals surface area contributed by atoms with E-state index in [-0.39, 0.29) is 28.1 Å². The largest absolute Gasteiger partial charge is 0.426 e. The van der Waals surface area contributed by atoms with Crippen LogP contribution in [-0.2, 0) is 15.6 Å². The van der Waals surface area contributed by atoms with Gasteiger partial charge in [0.25, 0.3) is 0 Å². The third-order valence-electron chi connectivity index (χ3n) is 5.26. The third kappa shape index (κ3) is 4.46. The molecule has 0 aliphatic heterocycles. The van der Waals surface area contributed by atoms with Gasteiger partial charge in [-0.25, -0.2) is 0 Å². The van der Waals surface area contributed by atoms with Crippen molar-refractivity contribution in [2.45, 2.75) is 86.5 Å². The highest BCUT2D eigenvalue weighted by atomic mass is 16.5. The molecule has 0 heterocycles. The Morgan fingerprint density at radius 3 is 1.68 bits per heavy atom. The maximum atomic E-state index is 12.9. The molecule has 2 nitrogen and oxygen atoms in total. The molecule has 1 aromatic rings. The Morgan fingerprint density at radius 1 is 0.920 bits per heavy atom. The lowest BCUT2D eigenvalue weighted by Gasteiger charge is -2.30. The number of benzene rings is 1. The fourth-order valence-corrected chi connectivity index (χ4v) is 3.59. The summed E-state index contributed by atoms with van der Waals surface area (Å²) in [5.41, 5.74) is 3.48. The Morgan fingerprint density at radius 2 is 1.36 bits per heavy atom. The van der Waals surface area contributed by atoms with Crippen LogP contribution in [0.5, 0.6) is 5.75 Å². The van der Waals surface area contributed by atoms with Crippen LogP contribution in [0.3, 0.4) is 0 Å². The monoisotopic (exact) mass is 344 g/mol. The van der Waals surface area contributed by atoms with Crippen LogP contribution in [-0.4, -0.2) is 5.97 Å². The molecule has 25 heavy (non-hydrogen) atoms. The van der Waals surface area contributed by atoms with Crippen molar-refractivity contribution in [1.29, 1.82) is 0 Å². The van der Waals surface area contributed by atoms with Crippen molar-refractivity contribution in [1.82, 2.24) is 0 Å². The number of carbonyl (C=O) groups is 1. The van der Waals surface area contributed by atoms with Crippen molar-refractivity contribution in [3.63, 3.8) is 0 Å². The molecular weight excluding hydrogens is 308 g/mol. The predicted molar refractivity (Wildman–Crippen MR) is 105 cm³/mol. The van der Waals surface area contributed by atoms with Crippen LogP contribution < -0.4 is 4.74 Å². The van der Waals surface area contributed by atoms with Crippen molar-refractivity contribution in [3.05, 3.63) is 28.8 Å². The zero-order chi connectivity index (χ0) is 19.4. The van der Waals surface area contributed by atoms with E-state index in [0.717, 1.165) is 23.3 Å². The smallest absolute Gasteiger partial charge is 0.314 e. The molecule has 0 aromatic heterocycles. The van der Waals surface area contributed by atoms with Crippen molar-refractivity contribution in [3.8, 4) is 5.75 Å². The lowest BCUT2D eigenvalue weighted by Crippen LogP contribution is -2.24. The normalized spacial score (nSPS) is 21.2. The summed E-state index contributed by atoms with van der Waals surface area (Å²) in [6.07, 6.45) is 0.948. The first-order chi connectivity index (χ1) is 11.1. The predicted octanol–water partition coefficient (Wildman–Crippen LogP) is 6.18. The quantitative estimate of drug-likeness (QED) is 0.473. The summed E-state index contributed by atoms with van der Waals surface area (Å²) in [6, 6.07) is 4.35. The molecule has 0 spiro atoms. The second-order valence-electron chi connectivity index (χ2n) is 10.9. The highest BCUT2D eigenvalue weighted by molar-refractivity contribution is 5.79. The summed E-state index contributed by atoms with van der Waals surface area (Å²) in [4.78, 5) is 12.9. The minimum Gasteiger partial charge on any atom is -0.426 e. The molecule has 2 rings (SSSR count). The first-order valence-electron chi connectivity index (χ1n) is 9.49. The summed E-state index contributed by atoms with van der Waals surface area (Å²) >= 11 is 0. The van der Waals surface area contributed by atoms with Gasteiger partial charge in [-0.3, -0.25) is 4.79 Å². The second kappa shape index (κ2) is 6.14. The standard InChI is InChI=1S/C23H36O2/c1-14-11-17(22(5,6)7)19(18(12-14)23(8,9)10)25-20(24)15-13-16(15)21(2,3)4/h11-12,15-16H,13H2,1-10H3. The van der Waals surface area contributed by atoms with Crippen LogP contribution in [0.25, 0.3) is 0 Å². The molecule has 140 valence electrons. The number of rotatable bonds is 2. The molecule has 2 unspecified atom stereocenters. The van der Waals surface area contributed by atoms with E-state index in [1.54, 1.807) is 0 Å². The van der Waals surface area contributed by atoms with E-state index in [2.05, 4.69) is 81.4 Å². The second-order valence-corrected chi connectivity index (χ2v) is 10.9. The molecule has 0 N–H and O–H groups in total. The molecule has 2 heteroatoms. The van der Waals surface area contributed by atoms with E-state index in [1.165, 1.54) is 5.56 Å². The van der Waals surface area contributed by atoms with E-state index < -0.39 is 0 Å². The molecule has 1 saturated carbocycles. The average Bonchev–Trinajstić information content (AvgIpc) is 3.17. The summed E-state index contributed by atoms with van der Waals surface area (Å²) in [5.74, 6) is 1.21. The zero-order valence-electron chi connectivity index (χ0n) is 17.8. The number of carbonyl (C=O) groups excluding carboxylic acids is 1. The van der Waals surface area contributed by atoms with Crippen molar-refractivity contribution < 1.29 is 9.53 Å². The summed E-state index contributed by atoms with van der Waals surface area (Å²) in [5, 5.41) is 0. The molecule has 0 saturated heterocycles. The van der Waals surface area contributed by atoms with Gasteiger partial charge in [0.2, 0.25) is 0 Å². The number of aryl methyl sites for hydroxylation is 1. The van der Waals surface area contributed by atoms with E-state index in [0.29, 0.717) is 5.92 Å². The molecular formula is C23H36O2. The number of hydrogen-bond donors (Lipinski definition) is 0. The van der Waals surface area contributed by atoms with E-state index >= 15 is 0 Å².